The highest BCUT2D eigenvalue weighted by Gasteiger charge is 2.10. The number of thiophene rings is 1. The lowest BCUT2D eigenvalue weighted by atomic mass is 10.0. The molecule has 0 saturated carbocycles. The second-order valence-corrected chi connectivity index (χ2v) is 5.16. The molecule has 0 aliphatic heterocycles. The fourth-order valence-corrected chi connectivity index (χ4v) is 3.51. The molecule has 0 atom stereocenters. The molecule has 1 aromatic heterocycles. The Bertz CT molecular complexity index is 487. The first kappa shape index (κ1) is 10.1. The van der Waals surface area contributed by atoms with E-state index in [9.17, 15) is 5.11 Å². The lowest BCUT2D eigenvalue weighted by molar-refractivity contribution is 0.283. The number of aryl methyl sites for hydroxylation is 2. The number of aliphatic hydroxyl groups is 1. The van der Waals surface area contributed by atoms with Gasteiger partial charge in [0.1, 0.15) is 0 Å². The summed E-state index contributed by atoms with van der Waals surface area (Å²) in [6.45, 7) is 4.32. The number of fused-ring (bicyclic) bond motifs is 1. The fourth-order valence-electron chi connectivity index (χ4n) is 1.66. The number of aliphatic hydroxyl groups excluding tert-OH is 1. The Morgan fingerprint density at radius 3 is 2.79 bits per heavy atom. The summed E-state index contributed by atoms with van der Waals surface area (Å²) in [5.41, 5.74) is 3.57. The van der Waals surface area contributed by atoms with Crippen LogP contribution in [-0.2, 0) is 6.61 Å². The van der Waals surface area contributed by atoms with Crippen LogP contribution in [0.5, 0.6) is 0 Å². The summed E-state index contributed by atoms with van der Waals surface area (Å²) in [6, 6.07) is 2.13. The van der Waals surface area contributed by atoms with E-state index in [-0.39, 0.29) is 6.61 Å². The smallest absolute Gasteiger partial charge is 0.0696 e. The summed E-state index contributed by atoms with van der Waals surface area (Å²) in [5, 5.41) is 12.5. The molecule has 74 valence electrons. The van der Waals surface area contributed by atoms with Crippen molar-refractivity contribution >= 4 is 37.4 Å². The molecule has 0 spiro atoms. The first-order chi connectivity index (χ1) is 6.65. The van der Waals surface area contributed by atoms with E-state index in [1.807, 2.05) is 5.38 Å². The predicted octanol–water partition coefficient (Wildman–Crippen LogP) is 3.77. The number of hydrogen-bond acceptors (Lipinski definition) is 2. The number of rotatable bonds is 1. The van der Waals surface area contributed by atoms with Gasteiger partial charge in [-0.2, -0.15) is 0 Å². The minimum Gasteiger partial charge on any atom is -0.392 e. The molecule has 0 radical (unpaired) electrons. The maximum absolute atomic E-state index is 9.22. The summed E-state index contributed by atoms with van der Waals surface area (Å²) in [5.74, 6) is 0. The van der Waals surface area contributed by atoms with Crippen LogP contribution in [0.3, 0.4) is 0 Å². The van der Waals surface area contributed by atoms with Crippen LogP contribution in [0.4, 0.5) is 0 Å². The van der Waals surface area contributed by atoms with Crippen molar-refractivity contribution in [3.05, 3.63) is 32.6 Å². The fraction of sp³-hybridized carbons (Fsp3) is 0.273. The second kappa shape index (κ2) is 3.65. The normalized spacial score (nSPS) is 11.1. The molecule has 1 nitrogen and oxygen atoms in total. The summed E-state index contributed by atoms with van der Waals surface area (Å²) >= 11 is 5.23. The van der Waals surface area contributed by atoms with Crippen LogP contribution < -0.4 is 0 Å². The summed E-state index contributed by atoms with van der Waals surface area (Å²) in [6.07, 6.45) is 0. The highest BCUT2D eigenvalue weighted by Crippen LogP contribution is 2.36. The van der Waals surface area contributed by atoms with Gasteiger partial charge in [0.05, 0.1) is 6.61 Å². The van der Waals surface area contributed by atoms with Gasteiger partial charge in [-0.05, 0) is 57.9 Å². The van der Waals surface area contributed by atoms with E-state index in [0.717, 1.165) is 10.0 Å². The van der Waals surface area contributed by atoms with E-state index in [0.29, 0.717) is 0 Å². The van der Waals surface area contributed by atoms with Crippen molar-refractivity contribution in [3.8, 4) is 0 Å². The SMILES string of the molecule is Cc1cc(Br)c2scc(CO)c2c1C. The van der Waals surface area contributed by atoms with Gasteiger partial charge < -0.3 is 5.11 Å². The monoisotopic (exact) mass is 270 g/mol. The zero-order valence-corrected chi connectivity index (χ0v) is 10.5. The van der Waals surface area contributed by atoms with Crippen LogP contribution in [0.2, 0.25) is 0 Å². The van der Waals surface area contributed by atoms with Crippen molar-refractivity contribution in [2.75, 3.05) is 0 Å². The minimum absolute atomic E-state index is 0.122. The highest BCUT2D eigenvalue weighted by atomic mass is 79.9. The molecule has 1 heterocycles. The standard InChI is InChI=1S/C11H11BrOS/c1-6-3-9(12)11-10(7(6)2)8(4-13)5-14-11/h3,5,13H,4H2,1-2H3. The number of benzene rings is 1. The molecular weight excluding hydrogens is 260 g/mol. The zero-order valence-electron chi connectivity index (χ0n) is 8.10. The molecule has 0 aliphatic rings. The summed E-state index contributed by atoms with van der Waals surface area (Å²) in [7, 11) is 0. The summed E-state index contributed by atoms with van der Waals surface area (Å²) in [4.78, 5) is 0. The van der Waals surface area contributed by atoms with Crippen molar-refractivity contribution in [2.24, 2.45) is 0 Å². The second-order valence-electron chi connectivity index (χ2n) is 3.42. The molecule has 0 aliphatic carbocycles. The highest BCUT2D eigenvalue weighted by molar-refractivity contribution is 9.10. The van der Waals surface area contributed by atoms with Crippen LogP contribution in [0.1, 0.15) is 16.7 Å². The minimum atomic E-state index is 0.122. The van der Waals surface area contributed by atoms with Crippen LogP contribution in [0.25, 0.3) is 10.1 Å². The quantitative estimate of drug-likeness (QED) is 0.837. The van der Waals surface area contributed by atoms with E-state index in [1.165, 1.54) is 21.2 Å². The Balaban J connectivity index is 2.92. The number of halogens is 1. The Labute approximate surface area is 95.5 Å². The molecule has 3 heteroatoms. The third kappa shape index (κ3) is 1.40. The molecule has 0 amide bonds. The third-order valence-electron chi connectivity index (χ3n) is 2.56. The average molecular weight is 271 g/mol. The van der Waals surface area contributed by atoms with Gasteiger partial charge in [-0.3, -0.25) is 0 Å². The first-order valence-corrected chi connectivity index (χ1v) is 6.09. The Morgan fingerprint density at radius 1 is 1.43 bits per heavy atom. The van der Waals surface area contributed by atoms with Crippen LogP contribution in [0, 0.1) is 13.8 Å². The molecule has 0 saturated heterocycles. The lowest BCUT2D eigenvalue weighted by Gasteiger charge is -2.05. The van der Waals surface area contributed by atoms with E-state index < -0.39 is 0 Å². The van der Waals surface area contributed by atoms with Crippen LogP contribution >= 0.6 is 27.3 Å². The van der Waals surface area contributed by atoms with Gasteiger partial charge in [-0.1, -0.05) is 0 Å². The molecule has 1 N–H and O–H groups in total. The van der Waals surface area contributed by atoms with Gasteiger partial charge in [0.15, 0.2) is 0 Å². The molecule has 0 unspecified atom stereocenters. The largest absolute Gasteiger partial charge is 0.392 e. The van der Waals surface area contributed by atoms with Crippen molar-refractivity contribution in [3.63, 3.8) is 0 Å². The van der Waals surface area contributed by atoms with Gasteiger partial charge in [0.2, 0.25) is 0 Å². The average Bonchev–Trinajstić information content (AvgIpc) is 2.58. The van der Waals surface area contributed by atoms with Gasteiger partial charge in [-0.25, -0.2) is 0 Å². The molecule has 2 rings (SSSR count). The topological polar surface area (TPSA) is 20.2 Å². The zero-order chi connectivity index (χ0) is 10.3. The molecule has 2 aromatic rings. The van der Waals surface area contributed by atoms with E-state index in [4.69, 9.17) is 0 Å². The van der Waals surface area contributed by atoms with Crippen molar-refractivity contribution in [2.45, 2.75) is 20.5 Å². The summed E-state index contributed by atoms with van der Waals surface area (Å²) < 4.78 is 2.36. The molecule has 14 heavy (non-hydrogen) atoms. The van der Waals surface area contributed by atoms with E-state index in [2.05, 4.69) is 35.8 Å². The first-order valence-electron chi connectivity index (χ1n) is 4.41. The van der Waals surface area contributed by atoms with Crippen molar-refractivity contribution < 1.29 is 5.11 Å². The Hall–Kier alpha value is -0.380. The molecule has 0 bridgehead atoms. The van der Waals surface area contributed by atoms with Crippen LogP contribution in [-0.4, -0.2) is 5.11 Å². The Kier molecular flexibility index (Phi) is 2.64. The lowest BCUT2D eigenvalue weighted by Crippen LogP contribution is -1.86. The van der Waals surface area contributed by atoms with Gasteiger partial charge in [0.25, 0.3) is 0 Å². The number of hydrogen-bond donors (Lipinski definition) is 1. The van der Waals surface area contributed by atoms with Gasteiger partial charge in [-0.15, -0.1) is 11.3 Å². The molecule has 1 aromatic carbocycles. The van der Waals surface area contributed by atoms with E-state index in [1.54, 1.807) is 11.3 Å². The van der Waals surface area contributed by atoms with Crippen LogP contribution in [0.15, 0.2) is 15.9 Å². The maximum Gasteiger partial charge on any atom is 0.0696 e. The predicted molar refractivity (Wildman–Crippen MR) is 64.9 cm³/mol. The van der Waals surface area contributed by atoms with Gasteiger partial charge in [0, 0.05) is 14.6 Å². The third-order valence-corrected chi connectivity index (χ3v) is 4.51. The maximum atomic E-state index is 9.22. The van der Waals surface area contributed by atoms with E-state index >= 15 is 0 Å². The molecule has 0 fully saturated rings. The van der Waals surface area contributed by atoms with Gasteiger partial charge >= 0.3 is 0 Å². The Morgan fingerprint density at radius 2 is 2.14 bits per heavy atom. The van der Waals surface area contributed by atoms with Crippen molar-refractivity contribution in [1.82, 2.24) is 0 Å². The van der Waals surface area contributed by atoms with Crippen molar-refractivity contribution in [1.29, 1.82) is 0 Å². The molecular formula is C11H11BrOS.